The Kier molecular flexibility index (Phi) is 6.77. The predicted octanol–water partition coefficient (Wildman–Crippen LogP) is 5.65. The van der Waals surface area contributed by atoms with E-state index >= 15 is 0 Å². The summed E-state index contributed by atoms with van der Waals surface area (Å²) in [7, 11) is 0. The number of hydrogen-bond acceptors (Lipinski definition) is 3. The van der Waals surface area contributed by atoms with Gasteiger partial charge in [-0.1, -0.05) is 35.3 Å². The van der Waals surface area contributed by atoms with E-state index in [9.17, 15) is 4.79 Å². The Labute approximate surface area is 197 Å². The van der Waals surface area contributed by atoms with Crippen molar-refractivity contribution in [1.29, 1.82) is 0 Å². The molecule has 0 aliphatic carbocycles. The third kappa shape index (κ3) is 5.12. The van der Waals surface area contributed by atoms with E-state index in [1.165, 1.54) is 11.1 Å². The summed E-state index contributed by atoms with van der Waals surface area (Å²) in [5.74, 6) is 0.851. The van der Waals surface area contributed by atoms with Crippen LogP contribution in [0, 0.1) is 13.8 Å². The molecular weight excluding hydrogens is 443 g/mol. The molecule has 0 saturated carbocycles. The van der Waals surface area contributed by atoms with Crippen molar-refractivity contribution in [2.45, 2.75) is 39.8 Å². The molecule has 5 nitrogen and oxygen atoms in total. The zero-order valence-corrected chi connectivity index (χ0v) is 19.5. The lowest BCUT2D eigenvalue weighted by Gasteiger charge is -2.11. The SMILES string of the molecule is Cc1cc2nc(Cc3ccc(Cl)cc3Cl)n(CCC(=O)NCc3cccnc3)c2cc1C. The molecule has 0 radical (unpaired) electrons. The third-order valence-electron chi connectivity index (χ3n) is 5.58. The van der Waals surface area contributed by atoms with Crippen LogP contribution in [0.25, 0.3) is 11.0 Å². The van der Waals surface area contributed by atoms with Crippen molar-refractivity contribution in [1.82, 2.24) is 19.9 Å². The predicted molar refractivity (Wildman–Crippen MR) is 129 cm³/mol. The summed E-state index contributed by atoms with van der Waals surface area (Å²) < 4.78 is 2.12. The molecule has 1 N–H and O–H groups in total. The highest BCUT2D eigenvalue weighted by atomic mass is 35.5. The highest BCUT2D eigenvalue weighted by Gasteiger charge is 2.15. The molecule has 0 fully saturated rings. The van der Waals surface area contributed by atoms with E-state index in [4.69, 9.17) is 28.2 Å². The quantitative estimate of drug-likeness (QED) is 0.382. The van der Waals surface area contributed by atoms with Gasteiger partial charge in [0.25, 0.3) is 0 Å². The van der Waals surface area contributed by atoms with Crippen LogP contribution in [0.3, 0.4) is 0 Å². The molecule has 0 aliphatic heterocycles. The lowest BCUT2D eigenvalue weighted by molar-refractivity contribution is -0.121. The zero-order valence-electron chi connectivity index (χ0n) is 18.0. The minimum atomic E-state index is -0.0185. The number of aromatic nitrogens is 3. The third-order valence-corrected chi connectivity index (χ3v) is 6.17. The highest BCUT2D eigenvalue weighted by Crippen LogP contribution is 2.26. The molecular formula is C25H24Cl2N4O. The number of nitrogens with zero attached hydrogens (tertiary/aromatic N) is 3. The van der Waals surface area contributed by atoms with Crippen molar-refractivity contribution >= 4 is 40.1 Å². The molecule has 0 aliphatic rings. The van der Waals surface area contributed by atoms with Crippen LogP contribution >= 0.6 is 23.2 Å². The maximum Gasteiger partial charge on any atom is 0.222 e. The fourth-order valence-corrected chi connectivity index (χ4v) is 4.13. The van der Waals surface area contributed by atoms with E-state index in [1.807, 2.05) is 24.3 Å². The van der Waals surface area contributed by atoms with Gasteiger partial charge < -0.3 is 9.88 Å². The van der Waals surface area contributed by atoms with Gasteiger partial charge in [-0.2, -0.15) is 0 Å². The molecule has 2 heterocycles. The summed E-state index contributed by atoms with van der Waals surface area (Å²) in [5.41, 5.74) is 6.24. The normalized spacial score (nSPS) is 11.1. The van der Waals surface area contributed by atoms with Crippen LogP contribution in [0.15, 0.2) is 54.9 Å². The van der Waals surface area contributed by atoms with E-state index in [0.717, 1.165) is 28.0 Å². The maximum absolute atomic E-state index is 12.5. The van der Waals surface area contributed by atoms with Crippen LogP contribution in [0.2, 0.25) is 10.0 Å². The van der Waals surface area contributed by atoms with Crippen molar-refractivity contribution < 1.29 is 4.79 Å². The molecule has 32 heavy (non-hydrogen) atoms. The van der Waals surface area contributed by atoms with E-state index in [2.05, 4.69) is 40.8 Å². The van der Waals surface area contributed by atoms with Gasteiger partial charge in [0.1, 0.15) is 5.82 Å². The number of hydrogen-bond donors (Lipinski definition) is 1. The number of rotatable bonds is 7. The highest BCUT2D eigenvalue weighted by molar-refractivity contribution is 6.35. The summed E-state index contributed by atoms with van der Waals surface area (Å²) in [4.78, 5) is 21.5. The largest absolute Gasteiger partial charge is 0.352 e. The number of carbonyl (C=O) groups excluding carboxylic acids is 1. The molecule has 0 bridgehead atoms. The van der Waals surface area contributed by atoms with Gasteiger partial charge >= 0.3 is 0 Å². The van der Waals surface area contributed by atoms with Crippen molar-refractivity contribution in [3.63, 3.8) is 0 Å². The Morgan fingerprint density at radius 1 is 1.09 bits per heavy atom. The van der Waals surface area contributed by atoms with Gasteiger partial charge in [0.05, 0.1) is 11.0 Å². The van der Waals surface area contributed by atoms with Gasteiger partial charge in [0, 0.05) is 48.4 Å². The summed E-state index contributed by atoms with van der Waals surface area (Å²) in [6.45, 7) is 5.15. The first-order chi connectivity index (χ1) is 15.4. The molecule has 2 aromatic heterocycles. The Hall–Kier alpha value is -2.89. The van der Waals surface area contributed by atoms with Gasteiger partial charge in [0.2, 0.25) is 5.91 Å². The lowest BCUT2D eigenvalue weighted by atomic mass is 10.1. The second-order valence-electron chi connectivity index (χ2n) is 7.91. The van der Waals surface area contributed by atoms with E-state index < -0.39 is 0 Å². The minimum absolute atomic E-state index is 0.0185. The average Bonchev–Trinajstić information content (AvgIpc) is 3.09. The van der Waals surface area contributed by atoms with Crippen LogP contribution in [0.1, 0.15) is 34.5 Å². The van der Waals surface area contributed by atoms with Crippen molar-refractivity contribution in [2.24, 2.45) is 0 Å². The summed E-state index contributed by atoms with van der Waals surface area (Å²) in [6.07, 6.45) is 4.37. The smallest absolute Gasteiger partial charge is 0.222 e. The van der Waals surface area contributed by atoms with Crippen molar-refractivity contribution in [3.8, 4) is 0 Å². The van der Waals surface area contributed by atoms with Gasteiger partial charge in [-0.25, -0.2) is 4.98 Å². The number of halogens is 2. The van der Waals surface area contributed by atoms with Crippen molar-refractivity contribution in [3.05, 3.63) is 93.0 Å². The molecule has 4 rings (SSSR count). The summed E-state index contributed by atoms with van der Waals surface area (Å²) in [6, 6.07) is 13.5. The molecule has 0 saturated heterocycles. The molecule has 2 aromatic carbocycles. The fourth-order valence-electron chi connectivity index (χ4n) is 3.65. The van der Waals surface area contributed by atoms with Crippen molar-refractivity contribution in [2.75, 3.05) is 0 Å². The summed E-state index contributed by atoms with van der Waals surface area (Å²) in [5, 5.41) is 4.18. The Morgan fingerprint density at radius 3 is 2.66 bits per heavy atom. The molecule has 0 unspecified atom stereocenters. The van der Waals surface area contributed by atoms with Crippen LogP contribution in [-0.2, 0) is 24.3 Å². The van der Waals surface area contributed by atoms with Gasteiger partial charge in [0.15, 0.2) is 0 Å². The zero-order chi connectivity index (χ0) is 22.7. The number of benzene rings is 2. The monoisotopic (exact) mass is 466 g/mol. The Morgan fingerprint density at radius 2 is 1.91 bits per heavy atom. The van der Waals surface area contributed by atoms with Crippen LogP contribution in [0.4, 0.5) is 0 Å². The van der Waals surface area contributed by atoms with Crippen LogP contribution in [0.5, 0.6) is 0 Å². The maximum atomic E-state index is 12.5. The topological polar surface area (TPSA) is 59.8 Å². The van der Waals surface area contributed by atoms with Crippen LogP contribution < -0.4 is 5.32 Å². The van der Waals surface area contributed by atoms with Crippen LogP contribution in [-0.4, -0.2) is 20.4 Å². The standard InChI is InChI=1S/C25H24Cl2N4O/c1-16-10-22-23(11-17(16)2)31(9-7-25(32)29-15-18-4-3-8-28-14-18)24(30-22)12-19-5-6-20(26)13-21(19)27/h3-6,8,10-11,13-14H,7,9,12,15H2,1-2H3,(H,29,32). The second-order valence-corrected chi connectivity index (χ2v) is 8.75. The number of carbonyl (C=O) groups is 1. The first-order valence-corrected chi connectivity index (χ1v) is 11.2. The number of pyridine rings is 1. The first kappa shape index (κ1) is 22.3. The second kappa shape index (κ2) is 9.72. The molecule has 164 valence electrons. The fraction of sp³-hybridized carbons (Fsp3) is 0.240. The molecule has 0 atom stereocenters. The number of amides is 1. The van der Waals surface area contributed by atoms with Gasteiger partial charge in [-0.05, 0) is 66.4 Å². The number of aryl methyl sites for hydroxylation is 3. The van der Waals surface area contributed by atoms with E-state index in [-0.39, 0.29) is 5.91 Å². The molecule has 7 heteroatoms. The average molecular weight is 467 g/mol. The first-order valence-electron chi connectivity index (χ1n) is 10.5. The van der Waals surface area contributed by atoms with Gasteiger partial charge in [-0.3, -0.25) is 9.78 Å². The number of imidazole rings is 1. The number of nitrogens with one attached hydrogen (secondary N) is 1. The van der Waals surface area contributed by atoms with Gasteiger partial charge in [-0.15, -0.1) is 0 Å². The van der Waals surface area contributed by atoms with E-state index in [0.29, 0.717) is 36.0 Å². The van der Waals surface area contributed by atoms with E-state index in [1.54, 1.807) is 18.5 Å². The molecule has 1 amide bonds. The minimum Gasteiger partial charge on any atom is -0.352 e. The Balaban J connectivity index is 1.57. The number of fused-ring (bicyclic) bond motifs is 1. The molecule has 0 spiro atoms. The Bertz CT molecular complexity index is 1270. The summed E-state index contributed by atoms with van der Waals surface area (Å²) >= 11 is 12.5. The lowest BCUT2D eigenvalue weighted by Crippen LogP contribution is -2.24. The molecule has 4 aromatic rings.